The molecule has 0 saturated carbocycles. The Labute approximate surface area is 197 Å². The number of esters is 2. The van der Waals surface area contributed by atoms with Crippen molar-refractivity contribution in [3.8, 4) is 0 Å². The van der Waals surface area contributed by atoms with Gasteiger partial charge in [-0.25, -0.2) is 9.59 Å². The number of benzene rings is 1. The third-order valence-corrected chi connectivity index (χ3v) is 10.0. The van der Waals surface area contributed by atoms with Crippen LogP contribution in [0, 0.1) is 0 Å². The fourth-order valence-corrected chi connectivity index (χ4v) is 4.31. The molecule has 0 heterocycles. The topological polar surface area (TPSA) is 73.9 Å². The molecule has 0 aromatic heterocycles. The lowest BCUT2D eigenvalue weighted by Crippen LogP contribution is -2.50. The molecule has 0 saturated heterocycles. The van der Waals surface area contributed by atoms with Crippen molar-refractivity contribution in [1.29, 1.82) is 0 Å². The van der Waals surface area contributed by atoms with E-state index < -0.39 is 38.0 Å². The van der Waals surface area contributed by atoms with Crippen LogP contribution < -0.4 is 5.32 Å². The molecule has 0 spiro atoms. The van der Waals surface area contributed by atoms with Gasteiger partial charge in [0.1, 0.15) is 5.60 Å². The summed E-state index contributed by atoms with van der Waals surface area (Å²) in [4.78, 5) is 24.9. The van der Waals surface area contributed by atoms with Gasteiger partial charge in [0.2, 0.25) is 6.04 Å². The normalized spacial score (nSPS) is 14.7. The summed E-state index contributed by atoms with van der Waals surface area (Å²) in [6.07, 6.45) is -0.494. The highest BCUT2D eigenvalue weighted by molar-refractivity contribution is 6.74. The van der Waals surface area contributed by atoms with Crippen LogP contribution in [0.4, 0.5) is 0 Å². The van der Waals surface area contributed by atoms with E-state index in [0.717, 1.165) is 5.56 Å². The molecule has 1 aromatic carbocycles. The molecular formula is C22H35Cl2NO5Si. The molecule has 6 nitrogen and oxygen atoms in total. The molecule has 1 unspecified atom stereocenters. The smallest absolute Gasteiger partial charge is 0.335 e. The van der Waals surface area contributed by atoms with Gasteiger partial charge < -0.3 is 13.9 Å². The fourth-order valence-electron chi connectivity index (χ4n) is 2.49. The third-order valence-electron chi connectivity index (χ3n) is 5.09. The molecular weight excluding hydrogens is 457 g/mol. The molecule has 0 fully saturated rings. The number of hydrogen-bond acceptors (Lipinski definition) is 6. The predicted molar refractivity (Wildman–Crippen MR) is 127 cm³/mol. The molecule has 0 bridgehead atoms. The van der Waals surface area contributed by atoms with Gasteiger partial charge in [-0.05, 0) is 62.7 Å². The molecule has 0 amide bonds. The highest BCUT2D eigenvalue weighted by Crippen LogP contribution is 2.40. The Morgan fingerprint density at radius 1 is 1.00 bits per heavy atom. The van der Waals surface area contributed by atoms with Crippen molar-refractivity contribution in [3.05, 3.63) is 33.8 Å². The zero-order valence-electron chi connectivity index (χ0n) is 19.9. The highest BCUT2D eigenvalue weighted by atomic mass is 35.5. The zero-order valence-corrected chi connectivity index (χ0v) is 22.4. The van der Waals surface area contributed by atoms with Gasteiger partial charge in [0, 0.05) is 16.6 Å². The molecule has 176 valence electrons. The van der Waals surface area contributed by atoms with E-state index in [4.69, 9.17) is 37.1 Å². The number of carbonyl (C=O) groups is 2. The average Bonchev–Trinajstić information content (AvgIpc) is 2.57. The van der Waals surface area contributed by atoms with Crippen LogP contribution in [0.3, 0.4) is 0 Å². The fraction of sp³-hybridized carbons (Fsp3) is 0.636. The Kier molecular flexibility index (Phi) is 9.60. The second-order valence-electron chi connectivity index (χ2n) is 9.97. The summed E-state index contributed by atoms with van der Waals surface area (Å²) in [6.45, 7) is 16.0. The van der Waals surface area contributed by atoms with Crippen molar-refractivity contribution in [2.75, 3.05) is 13.7 Å². The highest BCUT2D eigenvalue weighted by Gasteiger charge is 2.40. The van der Waals surface area contributed by atoms with Crippen LogP contribution in [0.25, 0.3) is 0 Å². The molecule has 0 aliphatic heterocycles. The van der Waals surface area contributed by atoms with E-state index in [2.05, 4.69) is 39.2 Å². The lowest BCUT2D eigenvalue weighted by molar-refractivity contribution is -0.164. The van der Waals surface area contributed by atoms with Crippen molar-refractivity contribution >= 4 is 43.5 Å². The van der Waals surface area contributed by atoms with Crippen LogP contribution in [0.1, 0.15) is 53.2 Å². The molecule has 0 aliphatic carbocycles. The average molecular weight is 493 g/mol. The minimum Gasteiger partial charge on any atom is -0.467 e. The number of halogens is 2. The van der Waals surface area contributed by atoms with E-state index in [1.54, 1.807) is 39.0 Å². The van der Waals surface area contributed by atoms with Gasteiger partial charge in [0.05, 0.1) is 13.2 Å². The van der Waals surface area contributed by atoms with E-state index >= 15 is 0 Å². The number of methoxy groups -OCH3 is 1. The lowest BCUT2D eigenvalue weighted by atomic mass is 10.1. The van der Waals surface area contributed by atoms with Crippen molar-refractivity contribution in [1.82, 2.24) is 5.32 Å². The first-order valence-corrected chi connectivity index (χ1v) is 13.8. The van der Waals surface area contributed by atoms with Gasteiger partial charge in [0.15, 0.2) is 8.32 Å². The van der Waals surface area contributed by atoms with Crippen LogP contribution in [-0.2, 0) is 23.5 Å². The first kappa shape index (κ1) is 27.9. The van der Waals surface area contributed by atoms with Gasteiger partial charge in [-0.15, -0.1) is 0 Å². The van der Waals surface area contributed by atoms with Crippen molar-refractivity contribution in [3.63, 3.8) is 0 Å². The van der Waals surface area contributed by atoms with Gasteiger partial charge in [-0.3, -0.25) is 5.32 Å². The van der Waals surface area contributed by atoms with E-state index in [-0.39, 0.29) is 11.6 Å². The molecule has 9 heteroatoms. The first-order valence-electron chi connectivity index (χ1n) is 10.1. The van der Waals surface area contributed by atoms with Crippen molar-refractivity contribution < 1.29 is 23.5 Å². The van der Waals surface area contributed by atoms with Crippen LogP contribution in [0.15, 0.2) is 18.2 Å². The number of ether oxygens (including phenoxy) is 2. The van der Waals surface area contributed by atoms with Crippen LogP contribution in [0.2, 0.25) is 28.2 Å². The van der Waals surface area contributed by atoms with Crippen molar-refractivity contribution in [2.45, 2.75) is 77.4 Å². The lowest BCUT2D eigenvalue weighted by Gasteiger charge is -2.39. The molecule has 1 rings (SSSR count). The van der Waals surface area contributed by atoms with Crippen LogP contribution in [-0.4, -0.2) is 45.6 Å². The summed E-state index contributed by atoms with van der Waals surface area (Å²) in [7, 11) is -0.993. The second-order valence-corrected chi connectivity index (χ2v) is 15.6. The number of carbonyl (C=O) groups excluding carboxylic acids is 2. The molecule has 1 aromatic rings. The minimum atomic E-state index is -2.22. The van der Waals surface area contributed by atoms with Gasteiger partial charge in [-0.2, -0.15) is 0 Å². The predicted octanol–water partition coefficient (Wildman–Crippen LogP) is 5.53. The summed E-state index contributed by atoms with van der Waals surface area (Å²) in [5.74, 6) is -1.45. The maximum absolute atomic E-state index is 12.6. The Hall–Kier alpha value is -1.12. The Balaban J connectivity index is 3.23. The third kappa shape index (κ3) is 8.73. The van der Waals surface area contributed by atoms with Gasteiger partial charge in [0.25, 0.3) is 0 Å². The van der Waals surface area contributed by atoms with E-state index in [0.29, 0.717) is 10.0 Å². The minimum absolute atomic E-state index is 0.0550. The molecule has 0 radical (unpaired) electrons. The zero-order chi connectivity index (χ0) is 24.2. The molecule has 1 N–H and O–H groups in total. The number of rotatable bonds is 8. The van der Waals surface area contributed by atoms with Gasteiger partial charge >= 0.3 is 11.9 Å². The van der Waals surface area contributed by atoms with Gasteiger partial charge in [-0.1, -0.05) is 44.0 Å². The monoisotopic (exact) mass is 491 g/mol. The Bertz CT molecular complexity index is 767. The summed E-state index contributed by atoms with van der Waals surface area (Å²) >= 11 is 12.4. The summed E-state index contributed by atoms with van der Waals surface area (Å²) in [5.41, 5.74) is 0.00497. The summed E-state index contributed by atoms with van der Waals surface area (Å²) in [5, 5.41) is 3.86. The SMILES string of the molecule is COC(=O)[C@@H](NCC(O[Si](C)(C)C(C)(C)C)c1cc(Cl)cc(Cl)c1)C(=O)OC(C)(C)C. The van der Waals surface area contributed by atoms with E-state index in [1.807, 2.05) is 0 Å². The standard InChI is InChI=1S/C22H35Cl2NO5Si/c1-21(2,3)29-20(27)18(19(26)28-7)25-13-17(30-31(8,9)22(4,5)6)14-10-15(23)12-16(24)11-14/h10-12,17-18,25H,13H2,1-9H3/t17?,18-/m1/s1. The molecule has 0 aliphatic rings. The maximum Gasteiger partial charge on any atom is 0.335 e. The molecule has 2 atom stereocenters. The Morgan fingerprint density at radius 2 is 1.52 bits per heavy atom. The molecule has 31 heavy (non-hydrogen) atoms. The Morgan fingerprint density at radius 3 is 1.94 bits per heavy atom. The van der Waals surface area contributed by atoms with Crippen LogP contribution >= 0.6 is 23.2 Å². The first-order chi connectivity index (χ1) is 14.0. The van der Waals surface area contributed by atoms with E-state index in [9.17, 15) is 9.59 Å². The number of nitrogens with one attached hydrogen (secondary N) is 1. The number of hydrogen-bond donors (Lipinski definition) is 1. The quantitative estimate of drug-likeness (QED) is 0.292. The summed E-state index contributed by atoms with van der Waals surface area (Å²) < 4.78 is 16.8. The largest absolute Gasteiger partial charge is 0.467 e. The second kappa shape index (κ2) is 10.7. The van der Waals surface area contributed by atoms with Crippen molar-refractivity contribution in [2.24, 2.45) is 0 Å². The van der Waals surface area contributed by atoms with E-state index in [1.165, 1.54) is 7.11 Å². The van der Waals surface area contributed by atoms with Crippen LogP contribution in [0.5, 0.6) is 0 Å². The maximum atomic E-state index is 12.6. The summed E-state index contributed by atoms with van der Waals surface area (Å²) in [6, 6.07) is 3.90.